The number of hydrogen-bond donors (Lipinski definition) is 1. The summed E-state index contributed by atoms with van der Waals surface area (Å²) in [4.78, 5) is 20.0. The van der Waals surface area contributed by atoms with Gasteiger partial charge in [-0.1, -0.05) is 11.6 Å². The van der Waals surface area contributed by atoms with Crippen LogP contribution in [0.25, 0.3) is 0 Å². The van der Waals surface area contributed by atoms with Gasteiger partial charge in [0.1, 0.15) is 5.15 Å². The van der Waals surface area contributed by atoms with Crippen molar-refractivity contribution >= 4 is 17.5 Å². The largest absolute Gasteiger partial charge is 0.391 e. The molecule has 5 nitrogen and oxygen atoms in total. The molecule has 1 amide bonds. The zero-order valence-electron chi connectivity index (χ0n) is 12.3. The molecule has 0 saturated carbocycles. The average molecular weight is 312 g/mol. The van der Waals surface area contributed by atoms with E-state index in [0.717, 1.165) is 19.6 Å². The van der Waals surface area contributed by atoms with E-state index in [2.05, 4.69) is 9.88 Å². The summed E-state index contributed by atoms with van der Waals surface area (Å²) in [5.74, 6) is -0.215. The van der Waals surface area contributed by atoms with Crippen molar-refractivity contribution in [3.8, 4) is 0 Å². The summed E-state index contributed by atoms with van der Waals surface area (Å²) in [5, 5.41) is 10.3. The van der Waals surface area contributed by atoms with Crippen LogP contribution in [0.5, 0.6) is 0 Å². The van der Waals surface area contributed by atoms with Crippen LogP contribution in [-0.2, 0) is 0 Å². The van der Waals surface area contributed by atoms with Gasteiger partial charge in [-0.3, -0.25) is 4.79 Å². The van der Waals surface area contributed by atoms with E-state index in [-0.39, 0.29) is 11.1 Å². The third-order valence-corrected chi connectivity index (χ3v) is 4.10. The lowest BCUT2D eigenvalue weighted by molar-refractivity contribution is 0.0651. The van der Waals surface area contributed by atoms with Gasteiger partial charge in [0.2, 0.25) is 0 Å². The van der Waals surface area contributed by atoms with Crippen LogP contribution in [-0.4, -0.2) is 65.1 Å². The van der Waals surface area contributed by atoms with Crippen molar-refractivity contribution in [2.75, 3.05) is 33.2 Å². The van der Waals surface area contributed by atoms with E-state index < -0.39 is 6.10 Å². The van der Waals surface area contributed by atoms with E-state index in [0.29, 0.717) is 18.5 Å². The maximum Gasteiger partial charge on any atom is 0.256 e. The van der Waals surface area contributed by atoms with Gasteiger partial charge in [0.15, 0.2) is 0 Å². The van der Waals surface area contributed by atoms with Gasteiger partial charge < -0.3 is 14.9 Å². The summed E-state index contributed by atoms with van der Waals surface area (Å²) in [7, 11) is 1.67. The molecule has 1 N–H and O–H groups in total. The highest BCUT2D eigenvalue weighted by atomic mass is 35.5. The zero-order chi connectivity index (χ0) is 15.2. The third-order valence-electron chi connectivity index (χ3n) is 3.80. The van der Waals surface area contributed by atoms with Crippen LogP contribution < -0.4 is 0 Å². The molecular formula is C15H22ClN3O2. The lowest BCUT2D eigenvalue weighted by Gasteiger charge is -2.23. The monoisotopic (exact) mass is 311 g/mol. The first-order chi connectivity index (χ1) is 10.1. The minimum Gasteiger partial charge on any atom is -0.391 e. The van der Waals surface area contributed by atoms with Crippen molar-refractivity contribution in [3.05, 3.63) is 29.0 Å². The number of carbonyl (C=O) groups excluding carboxylic acids is 1. The summed E-state index contributed by atoms with van der Waals surface area (Å²) in [6.07, 6.45) is 4.19. The molecule has 1 atom stereocenters. The molecular weight excluding hydrogens is 290 g/mol. The summed E-state index contributed by atoms with van der Waals surface area (Å²) in [5.41, 5.74) is 0.369. The van der Waals surface area contributed by atoms with E-state index in [4.69, 9.17) is 11.6 Å². The number of likely N-dealkylation sites (N-methyl/N-ethyl adjacent to an activating group) is 1. The van der Waals surface area contributed by atoms with Crippen molar-refractivity contribution in [2.24, 2.45) is 0 Å². The molecule has 1 aromatic rings. The fourth-order valence-corrected chi connectivity index (χ4v) is 2.78. The smallest absolute Gasteiger partial charge is 0.256 e. The van der Waals surface area contributed by atoms with Gasteiger partial charge in [-0.05, 0) is 44.5 Å². The van der Waals surface area contributed by atoms with Crippen molar-refractivity contribution < 1.29 is 9.90 Å². The van der Waals surface area contributed by atoms with Gasteiger partial charge >= 0.3 is 0 Å². The molecule has 1 unspecified atom stereocenters. The third kappa shape index (κ3) is 4.66. The molecule has 21 heavy (non-hydrogen) atoms. The van der Waals surface area contributed by atoms with Crippen LogP contribution in [0.4, 0.5) is 0 Å². The predicted octanol–water partition coefficient (Wildman–Crippen LogP) is 1.65. The van der Waals surface area contributed by atoms with Crippen LogP contribution >= 0.6 is 11.6 Å². The van der Waals surface area contributed by atoms with Crippen LogP contribution in [0, 0.1) is 0 Å². The molecule has 0 aromatic carbocycles. The first-order valence-electron chi connectivity index (χ1n) is 7.34. The van der Waals surface area contributed by atoms with Gasteiger partial charge in [-0.15, -0.1) is 0 Å². The molecule has 0 bridgehead atoms. The number of likely N-dealkylation sites (tertiary alicyclic amines) is 1. The average Bonchev–Trinajstić information content (AvgIpc) is 2.98. The molecule has 0 aliphatic carbocycles. The van der Waals surface area contributed by atoms with E-state index >= 15 is 0 Å². The second-order valence-corrected chi connectivity index (χ2v) is 5.88. The SMILES string of the molecule is CN(CC(O)CCN1CCCC1)C(=O)c1cccnc1Cl. The number of nitrogens with zero attached hydrogens (tertiary/aromatic N) is 3. The van der Waals surface area contributed by atoms with Crippen molar-refractivity contribution in [3.63, 3.8) is 0 Å². The lowest BCUT2D eigenvalue weighted by Crippen LogP contribution is -2.36. The molecule has 1 saturated heterocycles. The minimum atomic E-state index is -0.519. The number of aliphatic hydroxyl groups is 1. The number of hydrogen-bond acceptors (Lipinski definition) is 4. The van der Waals surface area contributed by atoms with E-state index in [1.807, 2.05) is 0 Å². The highest BCUT2D eigenvalue weighted by molar-refractivity contribution is 6.32. The Hall–Kier alpha value is -1.17. The first kappa shape index (κ1) is 16.2. The second-order valence-electron chi connectivity index (χ2n) is 5.52. The topological polar surface area (TPSA) is 56.7 Å². The summed E-state index contributed by atoms with van der Waals surface area (Å²) in [6.45, 7) is 3.42. The van der Waals surface area contributed by atoms with Crippen LogP contribution in [0.2, 0.25) is 5.15 Å². The number of carbonyl (C=O) groups is 1. The zero-order valence-corrected chi connectivity index (χ0v) is 13.1. The maximum absolute atomic E-state index is 12.2. The van der Waals surface area contributed by atoms with Gasteiger partial charge in [0, 0.05) is 26.3 Å². The first-order valence-corrected chi connectivity index (χ1v) is 7.72. The Morgan fingerprint density at radius 2 is 2.24 bits per heavy atom. The van der Waals surface area contributed by atoms with Gasteiger partial charge in [-0.25, -0.2) is 4.98 Å². The lowest BCUT2D eigenvalue weighted by atomic mass is 10.2. The Bertz CT molecular complexity index is 478. The molecule has 6 heteroatoms. The van der Waals surface area contributed by atoms with E-state index in [9.17, 15) is 9.90 Å². The quantitative estimate of drug-likeness (QED) is 0.812. The fourth-order valence-electron chi connectivity index (χ4n) is 2.58. The Kier molecular flexibility index (Phi) is 5.96. The minimum absolute atomic E-state index is 0.195. The molecule has 2 heterocycles. The number of amides is 1. The van der Waals surface area contributed by atoms with E-state index in [1.165, 1.54) is 17.7 Å². The number of aliphatic hydroxyl groups excluding tert-OH is 1. The van der Waals surface area contributed by atoms with Crippen LogP contribution in [0.3, 0.4) is 0 Å². The Morgan fingerprint density at radius 1 is 1.52 bits per heavy atom. The maximum atomic E-state index is 12.2. The highest BCUT2D eigenvalue weighted by Crippen LogP contribution is 2.14. The molecule has 1 fully saturated rings. The molecule has 1 aliphatic heterocycles. The molecule has 1 aromatic heterocycles. The van der Waals surface area contributed by atoms with Crippen molar-refractivity contribution in [2.45, 2.75) is 25.4 Å². The van der Waals surface area contributed by atoms with Crippen molar-refractivity contribution in [1.82, 2.24) is 14.8 Å². The molecule has 2 rings (SSSR count). The van der Waals surface area contributed by atoms with Crippen LogP contribution in [0.1, 0.15) is 29.6 Å². The van der Waals surface area contributed by atoms with E-state index in [1.54, 1.807) is 25.4 Å². The normalized spacial score (nSPS) is 16.9. The standard InChI is InChI=1S/C15H22ClN3O2/c1-18(15(21)13-5-4-7-17-14(13)16)11-12(20)6-10-19-8-2-3-9-19/h4-5,7,12,20H,2-3,6,8-11H2,1H3. The predicted molar refractivity (Wildman–Crippen MR) is 82.5 cm³/mol. The number of pyridine rings is 1. The van der Waals surface area contributed by atoms with Gasteiger partial charge in [-0.2, -0.15) is 0 Å². The number of halogens is 1. The second kappa shape index (κ2) is 7.73. The number of rotatable bonds is 6. The molecule has 0 spiro atoms. The summed E-state index contributed by atoms with van der Waals surface area (Å²) >= 11 is 5.92. The van der Waals surface area contributed by atoms with Gasteiger partial charge in [0.05, 0.1) is 11.7 Å². The fraction of sp³-hybridized carbons (Fsp3) is 0.600. The summed E-state index contributed by atoms with van der Waals surface area (Å²) in [6, 6.07) is 3.32. The Morgan fingerprint density at radius 3 is 2.90 bits per heavy atom. The Balaban J connectivity index is 1.81. The molecule has 116 valence electrons. The molecule has 0 radical (unpaired) electrons. The van der Waals surface area contributed by atoms with Crippen LogP contribution in [0.15, 0.2) is 18.3 Å². The van der Waals surface area contributed by atoms with Crippen molar-refractivity contribution in [1.29, 1.82) is 0 Å². The molecule has 1 aliphatic rings. The Labute approximate surface area is 130 Å². The number of aromatic nitrogens is 1. The van der Waals surface area contributed by atoms with Gasteiger partial charge in [0.25, 0.3) is 5.91 Å². The summed E-state index contributed by atoms with van der Waals surface area (Å²) < 4.78 is 0. The highest BCUT2D eigenvalue weighted by Gasteiger charge is 2.19.